The summed E-state index contributed by atoms with van der Waals surface area (Å²) in [6.07, 6.45) is 15.2. The summed E-state index contributed by atoms with van der Waals surface area (Å²) in [7, 11) is 7.18. The van der Waals surface area contributed by atoms with E-state index in [4.69, 9.17) is 34.4 Å². The number of hydrogen-bond acceptors (Lipinski definition) is 14. The van der Waals surface area contributed by atoms with Crippen LogP contribution in [0.2, 0.25) is 0 Å². The Kier molecular flexibility index (Phi) is 14.6. The molecule has 3 aromatic carbocycles. The van der Waals surface area contributed by atoms with Gasteiger partial charge in [-0.3, -0.25) is 4.79 Å². The Bertz CT molecular complexity index is 2880. The van der Waals surface area contributed by atoms with Gasteiger partial charge in [-0.05, 0) is 135 Å². The monoisotopic (exact) mass is 1030 g/mol. The number of carbonyl (C=O) groups is 1. The summed E-state index contributed by atoms with van der Waals surface area (Å²) in [5, 5.41) is 31.8. The molecule has 3 aliphatic carbocycles. The molecule has 2 saturated carbocycles. The number of esters is 1. The molecule has 8 unspecified atom stereocenters. The van der Waals surface area contributed by atoms with Gasteiger partial charge in [-0.2, -0.15) is 0 Å². The molecule has 8 atom stereocenters. The third-order valence-electron chi connectivity index (χ3n) is 16.9. The van der Waals surface area contributed by atoms with E-state index in [2.05, 4.69) is 59.7 Å². The van der Waals surface area contributed by atoms with Crippen LogP contribution in [0, 0.1) is 23.7 Å². The Morgan fingerprint density at radius 2 is 1.93 bits per heavy atom. The van der Waals surface area contributed by atoms with Crippen molar-refractivity contribution in [3.8, 4) is 51.7 Å². The number of hydrogen-bond donors (Lipinski definition) is 5. The normalized spacial score (nSPS) is 26.3. The van der Waals surface area contributed by atoms with Gasteiger partial charge in [-0.15, -0.1) is 0 Å². The summed E-state index contributed by atoms with van der Waals surface area (Å²) >= 11 is 0. The van der Waals surface area contributed by atoms with E-state index in [9.17, 15) is 15.0 Å². The van der Waals surface area contributed by atoms with Gasteiger partial charge < -0.3 is 50.3 Å². The SMILES string of the molecule is CCc1cc2c(nc1N)C#CCc1c(CNCCCCOC)c(O)c3c(c1C1Oc4c(ccc5c4C4(CCC(C2)C4)Cc2cc(O)cc(OC)c2-5)C1COC(C)=O)C=CC1NC2CCCC(CSSCC1O3)C2. The molecule has 1 spiro atoms. The van der Waals surface area contributed by atoms with Gasteiger partial charge in [0.25, 0.3) is 0 Å². The third-order valence-corrected chi connectivity index (χ3v) is 19.5. The summed E-state index contributed by atoms with van der Waals surface area (Å²) in [5.74, 6) is 11.8. The summed E-state index contributed by atoms with van der Waals surface area (Å²) in [5.41, 5.74) is 17.4. The molecule has 11 rings (SSSR count). The van der Waals surface area contributed by atoms with Crippen LogP contribution in [0.3, 0.4) is 0 Å². The van der Waals surface area contributed by atoms with Crippen LogP contribution in [-0.2, 0) is 51.9 Å². The summed E-state index contributed by atoms with van der Waals surface area (Å²) in [6, 6.07) is 10.4. The molecule has 386 valence electrons. The molecule has 0 amide bonds. The lowest BCUT2D eigenvalue weighted by Gasteiger charge is -2.39. The number of unbranched alkanes of at least 4 members (excludes halogenated alkanes) is 1. The molecule has 1 aromatic heterocycles. The van der Waals surface area contributed by atoms with Crippen molar-refractivity contribution in [1.82, 2.24) is 15.6 Å². The second-order valence-electron chi connectivity index (χ2n) is 21.5. The molecule has 6 bridgehead atoms. The van der Waals surface area contributed by atoms with Crippen LogP contribution in [0.5, 0.6) is 28.7 Å². The maximum Gasteiger partial charge on any atom is 0.302 e. The number of methoxy groups -OCH3 is 2. The highest BCUT2D eigenvalue weighted by atomic mass is 33.1. The number of phenolic OH excluding ortho intramolecular Hbond substituents is 2. The number of anilines is 1. The van der Waals surface area contributed by atoms with Gasteiger partial charge in [-0.1, -0.05) is 65.1 Å². The smallest absolute Gasteiger partial charge is 0.302 e. The predicted molar refractivity (Wildman–Crippen MR) is 290 cm³/mol. The first-order chi connectivity index (χ1) is 35.6. The van der Waals surface area contributed by atoms with E-state index >= 15 is 0 Å². The van der Waals surface area contributed by atoms with E-state index in [1.54, 1.807) is 20.3 Å². The van der Waals surface area contributed by atoms with Crippen LogP contribution in [0.4, 0.5) is 5.82 Å². The van der Waals surface area contributed by atoms with E-state index in [1.165, 1.54) is 19.8 Å². The van der Waals surface area contributed by atoms with Gasteiger partial charge in [0, 0.05) is 96.0 Å². The molecule has 12 nitrogen and oxygen atoms in total. The number of phenols is 2. The zero-order valence-corrected chi connectivity index (χ0v) is 44.3. The van der Waals surface area contributed by atoms with Gasteiger partial charge >= 0.3 is 5.97 Å². The van der Waals surface area contributed by atoms with Crippen molar-refractivity contribution in [1.29, 1.82) is 0 Å². The number of aromatic nitrogens is 1. The Morgan fingerprint density at radius 3 is 2.77 bits per heavy atom. The van der Waals surface area contributed by atoms with Crippen molar-refractivity contribution in [3.63, 3.8) is 0 Å². The van der Waals surface area contributed by atoms with Crippen LogP contribution in [0.1, 0.15) is 139 Å². The number of ether oxygens (including phenoxy) is 5. The van der Waals surface area contributed by atoms with E-state index in [1.807, 2.05) is 27.7 Å². The summed E-state index contributed by atoms with van der Waals surface area (Å²) in [6.45, 7) is 5.38. The first kappa shape index (κ1) is 50.1. The fourth-order valence-corrected chi connectivity index (χ4v) is 16.2. The number of aryl methyl sites for hydroxylation is 1. The molecule has 1 saturated heterocycles. The first-order valence-corrected chi connectivity index (χ1v) is 29.1. The predicted octanol–water partition coefficient (Wildman–Crippen LogP) is 10.0. The summed E-state index contributed by atoms with van der Waals surface area (Å²) in [4.78, 5) is 18.0. The number of benzene rings is 3. The second-order valence-corrected chi connectivity index (χ2v) is 24.1. The molecule has 4 aromatic rings. The van der Waals surface area contributed by atoms with Crippen molar-refractivity contribution < 1.29 is 38.7 Å². The highest BCUT2D eigenvalue weighted by molar-refractivity contribution is 8.76. The zero-order valence-electron chi connectivity index (χ0n) is 42.7. The lowest BCUT2D eigenvalue weighted by atomic mass is 9.65. The van der Waals surface area contributed by atoms with Crippen molar-refractivity contribution in [2.45, 2.75) is 139 Å². The lowest BCUT2D eigenvalue weighted by Crippen LogP contribution is -2.49. The van der Waals surface area contributed by atoms with Crippen LogP contribution in [-0.4, -0.2) is 84.8 Å². The highest BCUT2D eigenvalue weighted by Crippen LogP contribution is 2.63. The molecule has 6 N–H and O–H groups in total. The molecular weight excluding hydrogens is 957 g/mol. The van der Waals surface area contributed by atoms with Crippen LogP contribution in [0.25, 0.3) is 17.2 Å². The Labute approximate surface area is 438 Å². The van der Waals surface area contributed by atoms with Crippen LogP contribution < -0.4 is 30.6 Å². The Hall–Kier alpha value is -5.04. The molecule has 14 heteroatoms. The second kappa shape index (κ2) is 21.3. The molecule has 73 heavy (non-hydrogen) atoms. The van der Waals surface area contributed by atoms with E-state index in [-0.39, 0.29) is 48.1 Å². The fraction of sp³-hybridized carbons (Fsp3) is 0.525. The van der Waals surface area contributed by atoms with Gasteiger partial charge in [0.2, 0.25) is 0 Å². The number of carbonyl (C=O) groups excluding carboxylic acids is 1. The molecule has 7 aliphatic rings. The maximum absolute atomic E-state index is 13.0. The minimum Gasteiger partial charge on any atom is -0.508 e. The minimum absolute atomic E-state index is 0.0768. The van der Waals surface area contributed by atoms with Crippen molar-refractivity contribution in [2.75, 3.05) is 51.2 Å². The minimum atomic E-state index is -0.676. The number of nitrogens with one attached hydrogen (secondary N) is 2. The van der Waals surface area contributed by atoms with Gasteiger partial charge in [-0.25, -0.2) is 4.98 Å². The van der Waals surface area contributed by atoms with Crippen molar-refractivity contribution >= 4 is 39.5 Å². The van der Waals surface area contributed by atoms with Crippen LogP contribution in [0.15, 0.2) is 36.4 Å². The quantitative estimate of drug-likeness (QED) is 0.0417. The maximum atomic E-state index is 13.0. The molecular formula is C59H70N4O8S2. The Morgan fingerprint density at radius 1 is 1.05 bits per heavy atom. The average molecular weight is 1030 g/mol. The number of nitrogens with two attached hydrogens (primary N) is 1. The molecule has 3 fully saturated rings. The first-order valence-electron chi connectivity index (χ1n) is 26.7. The van der Waals surface area contributed by atoms with Gasteiger partial charge in [0.15, 0.2) is 11.5 Å². The highest BCUT2D eigenvalue weighted by Gasteiger charge is 2.52. The molecule has 0 radical (unpaired) electrons. The van der Waals surface area contributed by atoms with E-state index < -0.39 is 12.0 Å². The van der Waals surface area contributed by atoms with Crippen molar-refractivity contribution in [3.05, 3.63) is 92.2 Å². The number of nitrogens with zero attached hydrogens (tertiary/aromatic N) is 1. The standard InChI is InChI=1S/C59H70N4O8S2/c1-5-36-24-37-22-34-18-19-59(27-34)28-38-25-40(65)26-49(68-4)51(38)43-15-14-42-46(30-69-33(2)64)55(71-56(42)53(43)59)52-41(12-9-13-47(37)63-58(36)60)45(29-61-20-6-7-21-67-3)54(66)57-44(52)16-17-48-50(70-57)32-73-72-31-35-10-8-11-39(23-35)62-48/h14-17,24-26,34-35,39,46,48,50,55,61-62,65-66H,5-8,10-12,18-23,27-32H2,1-4H3,(H2,60,63). The zero-order chi connectivity index (χ0) is 50.4. The Balaban J connectivity index is 1.16. The number of fused-ring (bicyclic) bond motifs is 12. The number of pyridine rings is 1. The summed E-state index contributed by atoms with van der Waals surface area (Å²) < 4.78 is 32.6. The van der Waals surface area contributed by atoms with Gasteiger partial charge in [0.05, 0.1) is 19.1 Å². The largest absolute Gasteiger partial charge is 0.508 e. The molecule has 4 aliphatic heterocycles. The van der Waals surface area contributed by atoms with Gasteiger partial charge in [0.1, 0.15) is 47.6 Å². The third kappa shape index (κ3) is 9.67. The number of aromatic hydroxyl groups is 2. The molecule has 5 heterocycles. The van der Waals surface area contributed by atoms with E-state index in [0.717, 1.165) is 131 Å². The van der Waals surface area contributed by atoms with E-state index in [0.29, 0.717) is 72.6 Å². The number of nitrogen functional groups attached to an aromatic ring is 1. The lowest BCUT2D eigenvalue weighted by molar-refractivity contribution is -0.141. The topological polar surface area (TPSA) is 167 Å². The average Bonchev–Trinajstić information content (AvgIpc) is 3.90. The number of rotatable bonds is 11. The van der Waals surface area contributed by atoms with Crippen molar-refractivity contribution in [2.24, 2.45) is 11.8 Å². The fourth-order valence-electron chi connectivity index (χ4n) is 13.5. The van der Waals surface area contributed by atoms with Crippen LogP contribution >= 0.6 is 21.6 Å².